The van der Waals surface area contributed by atoms with Gasteiger partial charge in [0.05, 0.1) is 14.2 Å². The first-order chi connectivity index (χ1) is 15.7. The van der Waals surface area contributed by atoms with Crippen molar-refractivity contribution in [3.05, 3.63) is 72.8 Å². The summed E-state index contributed by atoms with van der Waals surface area (Å²) in [6.07, 6.45) is 0. The van der Waals surface area contributed by atoms with Crippen molar-refractivity contribution in [2.45, 2.75) is 0 Å². The Kier molecular flexibility index (Phi) is 3.37. The molecule has 7 aromatic rings. The quantitative estimate of drug-likeness (QED) is 0.287. The molecule has 154 valence electrons. The third-order valence-electron chi connectivity index (χ3n) is 6.39. The van der Waals surface area contributed by atoms with Crippen molar-refractivity contribution in [3.8, 4) is 11.5 Å². The Labute approximate surface area is 182 Å². The van der Waals surface area contributed by atoms with Crippen LogP contribution in [0.25, 0.3) is 65.4 Å². The van der Waals surface area contributed by atoms with Crippen LogP contribution in [0.5, 0.6) is 11.5 Å². The lowest BCUT2D eigenvalue weighted by Gasteiger charge is -2.09. The van der Waals surface area contributed by atoms with Crippen LogP contribution in [-0.2, 0) is 0 Å². The molecule has 2 heterocycles. The van der Waals surface area contributed by atoms with Gasteiger partial charge in [0.2, 0.25) is 0 Å². The number of methoxy groups -OCH3 is 2. The zero-order valence-electron chi connectivity index (χ0n) is 17.6. The zero-order valence-corrected chi connectivity index (χ0v) is 17.6. The number of fused-ring (bicyclic) bond motifs is 8. The summed E-state index contributed by atoms with van der Waals surface area (Å²) < 4.78 is 23.5. The maximum Gasteiger partial charge on any atom is 0.161 e. The molecular formula is C28H18O4. The van der Waals surface area contributed by atoms with E-state index in [0.29, 0.717) is 11.5 Å². The van der Waals surface area contributed by atoms with Gasteiger partial charge in [-0.05, 0) is 70.1 Å². The molecule has 5 aromatic carbocycles. The summed E-state index contributed by atoms with van der Waals surface area (Å²) in [4.78, 5) is 0. The number of hydrogen-bond donors (Lipinski definition) is 0. The van der Waals surface area contributed by atoms with Crippen molar-refractivity contribution in [1.82, 2.24) is 0 Å². The van der Waals surface area contributed by atoms with Gasteiger partial charge in [-0.3, -0.25) is 0 Å². The normalized spacial score (nSPS) is 12.1. The van der Waals surface area contributed by atoms with E-state index in [1.165, 1.54) is 10.8 Å². The molecule has 2 aromatic heterocycles. The topological polar surface area (TPSA) is 44.7 Å². The lowest BCUT2D eigenvalue weighted by atomic mass is 10.0. The minimum Gasteiger partial charge on any atom is -0.493 e. The first-order valence-electron chi connectivity index (χ1n) is 10.5. The summed E-state index contributed by atoms with van der Waals surface area (Å²) in [6.45, 7) is 0. The third-order valence-corrected chi connectivity index (χ3v) is 6.39. The van der Waals surface area contributed by atoms with Gasteiger partial charge in [0, 0.05) is 21.5 Å². The van der Waals surface area contributed by atoms with Gasteiger partial charge in [-0.1, -0.05) is 24.3 Å². The van der Waals surface area contributed by atoms with Crippen LogP contribution in [-0.4, -0.2) is 14.2 Å². The van der Waals surface area contributed by atoms with E-state index in [4.69, 9.17) is 18.3 Å². The third kappa shape index (κ3) is 2.32. The predicted molar refractivity (Wildman–Crippen MR) is 129 cm³/mol. The molecule has 0 saturated heterocycles. The van der Waals surface area contributed by atoms with Crippen LogP contribution in [0.15, 0.2) is 81.6 Å². The van der Waals surface area contributed by atoms with Gasteiger partial charge < -0.3 is 18.3 Å². The Morgan fingerprint density at radius 3 is 1.44 bits per heavy atom. The molecule has 0 aliphatic heterocycles. The van der Waals surface area contributed by atoms with E-state index >= 15 is 0 Å². The van der Waals surface area contributed by atoms with Crippen molar-refractivity contribution < 1.29 is 18.3 Å². The molecule has 0 aliphatic carbocycles. The van der Waals surface area contributed by atoms with E-state index in [9.17, 15) is 0 Å². The molecule has 0 N–H and O–H groups in total. The van der Waals surface area contributed by atoms with Crippen LogP contribution >= 0.6 is 0 Å². The smallest absolute Gasteiger partial charge is 0.161 e. The van der Waals surface area contributed by atoms with Gasteiger partial charge in [-0.25, -0.2) is 0 Å². The molecule has 0 atom stereocenters. The SMILES string of the molecule is COc1cc2cc3oc4cc5c(cc4c3cc2cc1OC)oc1cc2ccccc2cc15. The van der Waals surface area contributed by atoms with Gasteiger partial charge in [0.15, 0.2) is 11.5 Å². The lowest BCUT2D eigenvalue weighted by Crippen LogP contribution is -1.90. The summed E-state index contributed by atoms with van der Waals surface area (Å²) in [5.41, 5.74) is 3.43. The minimum atomic E-state index is 0.701. The van der Waals surface area contributed by atoms with Crippen LogP contribution in [0.2, 0.25) is 0 Å². The van der Waals surface area contributed by atoms with Crippen molar-refractivity contribution in [1.29, 1.82) is 0 Å². The van der Waals surface area contributed by atoms with Crippen LogP contribution in [0.4, 0.5) is 0 Å². The maximum atomic E-state index is 6.29. The summed E-state index contributed by atoms with van der Waals surface area (Å²) in [6, 6.07) is 25.0. The van der Waals surface area contributed by atoms with E-state index in [-0.39, 0.29) is 0 Å². The second-order valence-electron chi connectivity index (χ2n) is 8.15. The molecule has 0 spiro atoms. The highest BCUT2D eigenvalue weighted by Crippen LogP contribution is 2.40. The predicted octanol–water partition coefficient (Wildman–Crippen LogP) is 7.81. The molecule has 7 rings (SSSR count). The maximum absolute atomic E-state index is 6.29. The molecule has 0 amide bonds. The highest BCUT2D eigenvalue weighted by molar-refractivity contribution is 6.18. The molecule has 0 radical (unpaired) electrons. The average molecular weight is 418 g/mol. The largest absolute Gasteiger partial charge is 0.493 e. The van der Waals surface area contributed by atoms with Gasteiger partial charge in [0.1, 0.15) is 22.3 Å². The van der Waals surface area contributed by atoms with Crippen molar-refractivity contribution >= 4 is 65.4 Å². The summed E-state index contributed by atoms with van der Waals surface area (Å²) in [5, 5.41) is 8.71. The second-order valence-corrected chi connectivity index (χ2v) is 8.15. The lowest BCUT2D eigenvalue weighted by molar-refractivity contribution is 0.356. The Balaban J connectivity index is 1.54. The molecule has 4 heteroatoms. The Morgan fingerprint density at radius 2 is 0.875 bits per heavy atom. The van der Waals surface area contributed by atoms with E-state index in [1.807, 2.05) is 18.2 Å². The van der Waals surface area contributed by atoms with Crippen LogP contribution in [0.3, 0.4) is 0 Å². The molecule has 0 unspecified atom stereocenters. The first-order valence-corrected chi connectivity index (χ1v) is 10.5. The molecule has 0 bridgehead atoms. The van der Waals surface area contributed by atoms with E-state index in [1.54, 1.807) is 14.2 Å². The van der Waals surface area contributed by atoms with Gasteiger partial charge in [0.25, 0.3) is 0 Å². The fraction of sp³-hybridized carbons (Fsp3) is 0.0714. The number of furan rings is 2. The molecule has 32 heavy (non-hydrogen) atoms. The molecule has 4 nitrogen and oxygen atoms in total. The van der Waals surface area contributed by atoms with E-state index in [0.717, 1.165) is 54.6 Å². The highest BCUT2D eigenvalue weighted by Gasteiger charge is 2.15. The number of rotatable bonds is 2. The van der Waals surface area contributed by atoms with Crippen molar-refractivity contribution in [2.24, 2.45) is 0 Å². The number of hydrogen-bond acceptors (Lipinski definition) is 4. The Hall–Kier alpha value is -4.18. The van der Waals surface area contributed by atoms with E-state index < -0.39 is 0 Å². The number of ether oxygens (including phenoxy) is 2. The second kappa shape index (κ2) is 6.17. The monoisotopic (exact) mass is 418 g/mol. The van der Waals surface area contributed by atoms with Crippen molar-refractivity contribution in [2.75, 3.05) is 14.2 Å². The minimum absolute atomic E-state index is 0.701. The number of benzene rings is 5. The summed E-state index contributed by atoms with van der Waals surface area (Å²) >= 11 is 0. The van der Waals surface area contributed by atoms with Crippen molar-refractivity contribution in [3.63, 3.8) is 0 Å². The zero-order chi connectivity index (χ0) is 21.4. The molecule has 0 aliphatic rings. The fourth-order valence-corrected chi connectivity index (χ4v) is 4.80. The summed E-state index contributed by atoms with van der Waals surface area (Å²) in [7, 11) is 3.29. The fourth-order valence-electron chi connectivity index (χ4n) is 4.80. The molecular weight excluding hydrogens is 400 g/mol. The van der Waals surface area contributed by atoms with Crippen LogP contribution in [0.1, 0.15) is 0 Å². The van der Waals surface area contributed by atoms with Crippen LogP contribution < -0.4 is 9.47 Å². The summed E-state index contributed by atoms with van der Waals surface area (Å²) in [5.74, 6) is 1.41. The van der Waals surface area contributed by atoms with E-state index in [2.05, 4.69) is 54.6 Å². The standard InChI is InChI=1S/C28H18O4/c1-29-27-11-17-8-20-22-14-25-21(13-26(22)32-24(20)10-18(17)12-28(27)30-2)19-7-15-5-3-4-6-16(15)9-23(19)31-25/h3-14H,1-2H3. The average Bonchev–Trinajstić information content (AvgIpc) is 3.34. The van der Waals surface area contributed by atoms with Gasteiger partial charge in [-0.15, -0.1) is 0 Å². The molecule has 0 fully saturated rings. The van der Waals surface area contributed by atoms with Crippen LogP contribution in [0, 0.1) is 0 Å². The Bertz CT molecular complexity index is 1850. The Morgan fingerprint density at radius 1 is 0.469 bits per heavy atom. The molecule has 0 saturated carbocycles. The first kappa shape index (κ1) is 17.5. The van der Waals surface area contributed by atoms with Gasteiger partial charge >= 0.3 is 0 Å². The highest BCUT2D eigenvalue weighted by atomic mass is 16.5. The van der Waals surface area contributed by atoms with Gasteiger partial charge in [-0.2, -0.15) is 0 Å².